The van der Waals surface area contributed by atoms with Crippen molar-refractivity contribution in [2.45, 2.75) is 38.2 Å². The summed E-state index contributed by atoms with van der Waals surface area (Å²) in [7, 11) is -3.74. The lowest BCUT2D eigenvalue weighted by molar-refractivity contribution is -0.127. The highest BCUT2D eigenvalue weighted by atomic mass is 32.2. The van der Waals surface area contributed by atoms with Gasteiger partial charge in [-0.3, -0.25) is 4.79 Å². The van der Waals surface area contributed by atoms with Crippen molar-refractivity contribution in [3.05, 3.63) is 23.8 Å². The van der Waals surface area contributed by atoms with Crippen molar-refractivity contribution < 1.29 is 17.9 Å². The number of amides is 1. The first-order chi connectivity index (χ1) is 9.25. The number of sulfonamides is 1. The summed E-state index contributed by atoms with van der Waals surface area (Å²) in [6.45, 7) is 5.80. The maximum absolute atomic E-state index is 11.7. The van der Waals surface area contributed by atoms with E-state index in [2.05, 4.69) is 5.32 Å². The number of carbonyl (C=O) groups excluding carboxylic acids is 1. The molecule has 0 radical (unpaired) electrons. The van der Waals surface area contributed by atoms with Crippen molar-refractivity contribution >= 4 is 15.9 Å². The molecule has 7 heteroatoms. The second-order valence-corrected chi connectivity index (χ2v) is 6.05. The molecule has 3 N–H and O–H groups in total. The van der Waals surface area contributed by atoms with Gasteiger partial charge in [-0.15, -0.1) is 0 Å². The SMILES string of the molecule is CCCNC(=O)C(C)Oc1ccc(S(N)(=O)=O)c(C)c1. The summed E-state index contributed by atoms with van der Waals surface area (Å²) < 4.78 is 28.0. The van der Waals surface area contributed by atoms with Crippen molar-refractivity contribution in [2.75, 3.05) is 6.54 Å². The molecule has 0 heterocycles. The molecule has 0 fully saturated rings. The molecule has 1 aromatic carbocycles. The van der Waals surface area contributed by atoms with Crippen LogP contribution in [-0.2, 0) is 14.8 Å². The number of aryl methyl sites for hydroxylation is 1. The second kappa shape index (κ2) is 6.71. The van der Waals surface area contributed by atoms with Gasteiger partial charge in [0.05, 0.1) is 4.90 Å². The van der Waals surface area contributed by atoms with Gasteiger partial charge < -0.3 is 10.1 Å². The molecule has 0 aliphatic rings. The summed E-state index contributed by atoms with van der Waals surface area (Å²) in [6.07, 6.45) is 0.196. The summed E-state index contributed by atoms with van der Waals surface area (Å²) in [6, 6.07) is 4.40. The predicted octanol–water partition coefficient (Wildman–Crippen LogP) is 0.936. The molecule has 0 bridgehead atoms. The van der Waals surface area contributed by atoms with E-state index in [0.29, 0.717) is 17.9 Å². The van der Waals surface area contributed by atoms with Crippen LogP contribution in [0.3, 0.4) is 0 Å². The largest absolute Gasteiger partial charge is 0.481 e. The molecule has 20 heavy (non-hydrogen) atoms. The third kappa shape index (κ3) is 4.50. The lowest BCUT2D eigenvalue weighted by Gasteiger charge is -2.15. The van der Waals surface area contributed by atoms with E-state index >= 15 is 0 Å². The maximum atomic E-state index is 11.7. The van der Waals surface area contributed by atoms with Crippen LogP contribution >= 0.6 is 0 Å². The van der Waals surface area contributed by atoms with E-state index in [-0.39, 0.29) is 10.8 Å². The van der Waals surface area contributed by atoms with Gasteiger partial charge in [-0.2, -0.15) is 0 Å². The summed E-state index contributed by atoms with van der Waals surface area (Å²) in [5.41, 5.74) is 0.478. The summed E-state index contributed by atoms with van der Waals surface area (Å²) in [5, 5.41) is 7.80. The van der Waals surface area contributed by atoms with Gasteiger partial charge in [0, 0.05) is 6.54 Å². The number of hydrogen-bond donors (Lipinski definition) is 2. The fraction of sp³-hybridized carbons (Fsp3) is 0.462. The van der Waals surface area contributed by atoms with Crippen LogP contribution in [0.4, 0.5) is 0 Å². The van der Waals surface area contributed by atoms with Crippen molar-refractivity contribution in [1.82, 2.24) is 5.32 Å². The molecule has 0 aliphatic heterocycles. The fourth-order valence-corrected chi connectivity index (χ4v) is 2.43. The molecule has 0 saturated carbocycles. The van der Waals surface area contributed by atoms with Gasteiger partial charge >= 0.3 is 0 Å². The fourth-order valence-electron chi connectivity index (χ4n) is 1.66. The van der Waals surface area contributed by atoms with Gasteiger partial charge in [0.15, 0.2) is 6.10 Å². The summed E-state index contributed by atoms with van der Waals surface area (Å²) in [5.74, 6) is 0.217. The first-order valence-corrected chi connectivity index (χ1v) is 7.88. The zero-order chi connectivity index (χ0) is 15.3. The lowest BCUT2D eigenvalue weighted by atomic mass is 10.2. The monoisotopic (exact) mass is 300 g/mol. The third-order valence-corrected chi connectivity index (χ3v) is 3.76. The minimum atomic E-state index is -3.74. The predicted molar refractivity (Wildman–Crippen MR) is 75.9 cm³/mol. The minimum Gasteiger partial charge on any atom is -0.481 e. The molecule has 1 rings (SSSR count). The normalized spacial score (nSPS) is 12.8. The van der Waals surface area contributed by atoms with Crippen LogP contribution in [0.15, 0.2) is 23.1 Å². The minimum absolute atomic E-state index is 0.0490. The number of benzene rings is 1. The molecule has 112 valence electrons. The van der Waals surface area contributed by atoms with E-state index in [1.165, 1.54) is 12.1 Å². The van der Waals surface area contributed by atoms with Crippen LogP contribution < -0.4 is 15.2 Å². The van der Waals surface area contributed by atoms with Crippen LogP contribution in [-0.4, -0.2) is 27.0 Å². The Bertz CT molecular complexity index is 584. The van der Waals surface area contributed by atoms with Crippen molar-refractivity contribution in [2.24, 2.45) is 5.14 Å². The van der Waals surface area contributed by atoms with E-state index in [1.54, 1.807) is 19.9 Å². The Morgan fingerprint density at radius 3 is 2.60 bits per heavy atom. The zero-order valence-electron chi connectivity index (χ0n) is 11.8. The van der Waals surface area contributed by atoms with E-state index in [4.69, 9.17) is 9.88 Å². The molecule has 0 aromatic heterocycles. The number of ether oxygens (including phenoxy) is 1. The van der Waals surface area contributed by atoms with Crippen molar-refractivity contribution in [1.29, 1.82) is 0 Å². The number of nitrogens with two attached hydrogens (primary N) is 1. The maximum Gasteiger partial charge on any atom is 0.260 e. The quantitative estimate of drug-likeness (QED) is 0.816. The number of primary sulfonamides is 1. The second-order valence-electron chi connectivity index (χ2n) is 4.52. The van der Waals surface area contributed by atoms with Gasteiger partial charge in [-0.05, 0) is 44.0 Å². The Morgan fingerprint density at radius 2 is 2.10 bits per heavy atom. The number of hydrogen-bond acceptors (Lipinski definition) is 4. The Labute approximate surface area is 119 Å². The molecule has 1 aromatic rings. The van der Waals surface area contributed by atoms with E-state index in [9.17, 15) is 13.2 Å². The van der Waals surface area contributed by atoms with Crippen molar-refractivity contribution in [3.8, 4) is 5.75 Å². The van der Waals surface area contributed by atoms with Gasteiger partial charge in [0.25, 0.3) is 5.91 Å². The van der Waals surface area contributed by atoms with Gasteiger partial charge in [0.2, 0.25) is 10.0 Å². The molecule has 0 aliphatic carbocycles. The van der Waals surface area contributed by atoms with E-state index < -0.39 is 16.1 Å². The van der Waals surface area contributed by atoms with E-state index in [0.717, 1.165) is 6.42 Å². The van der Waals surface area contributed by atoms with Crippen LogP contribution in [0.25, 0.3) is 0 Å². The summed E-state index contributed by atoms with van der Waals surface area (Å²) >= 11 is 0. The first kappa shape index (κ1) is 16.5. The Morgan fingerprint density at radius 1 is 1.45 bits per heavy atom. The van der Waals surface area contributed by atoms with Crippen LogP contribution in [0.2, 0.25) is 0 Å². The van der Waals surface area contributed by atoms with Crippen molar-refractivity contribution in [3.63, 3.8) is 0 Å². The third-order valence-electron chi connectivity index (χ3n) is 2.68. The topological polar surface area (TPSA) is 98.5 Å². The van der Waals surface area contributed by atoms with Crippen LogP contribution in [0.5, 0.6) is 5.75 Å². The smallest absolute Gasteiger partial charge is 0.260 e. The molecular weight excluding hydrogens is 280 g/mol. The highest BCUT2D eigenvalue weighted by Gasteiger charge is 2.16. The summed E-state index contributed by atoms with van der Waals surface area (Å²) in [4.78, 5) is 11.7. The van der Waals surface area contributed by atoms with Gasteiger partial charge in [-0.25, -0.2) is 13.6 Å². The Hall–Kier alpha value is -1.60. The molecule has 0 spiro atoms. The first-order valence-electron chi connectivity index (χ1n) is 6.33. The molecular formula is C13H20N2O4S. The zero-order valence-corrected chi connectivity index (χ0v) is 12.7. The van der Waals surface area contributed by atoms with Crippen LogP contribution in [0, 0.1) is 6.92 Å². The van der Waals surface area contributed by atoms with E-state index in [1.807, 2.05) is 6.92 Å². The van der Waals surface area contributed by atoms with Gasteiger partial charge in [-0.1, -0.05) is 6.92 Å². The number of carbonyl (C=O) groups is 1. The van der Waals surface area contributed by atoms with Crippen LogP contribution in [0.1, 0.15) is 25.8 Å². The Kier molecular flexibility index (Phi) is 5.52. The molecule has 1 amide bonds. The Balaban J connectivity index is 2.80. The number of nitrogens with one attached hydrogen (secondary N) is 1. The molecule has 1 atom stereocenters. The standard InChI is InChI=1S/C13H20N2O4S/c1-4-7-15-13(16)10(3)19-11-5-6-12(9(2)8-11)20(14,17)18/h5-6,8,10H,4,7H2,1-3H3,(H,15,16)(H2,14,17,18). The average molecular weight is 300 g/mol. The molecule has 6 nitrogen and oxygen atoms in total. The number of rotatable bonds is 6. The molecule has 0 saturated heterocycles. The highest BCUT2D eigenvalue weighted by Crippen LogP contribution is 2.21. The highest BCUT2D eigenvalue weighted by molar-refractivity contribution is 7.89. The van der Waals surface area contributed by atoms with Gasteiger partial charge in [0.1, 0.15) is 5.75 Å². The lowest BCUT2D eigenvalue weighted by Crippen LogP contribution is -2.36. The average Bonchev–Trinajstić information content (AvgIpc) is 2.34. The molecule has 1 unspecified atom stereocenters.